The molecule has 0 radical (unpaired) electrons. The average Bonchev–Trinajstić information content (AvgIpc) is 2.55. The van der Waals surface area contributed by atoms with Crippen LogP contribution in [0.3, 0.4) is 0 Å². The molecule has 0 aliphatic rings. The van der Waals surface area contributed by atoms with Gasteiger partial charge in [0, 0.05) is 11.8 Å². The molecule has 6 nitrogen and oxygen atoms in total. The normalized spacial score (nSPS) is 11.4. The number of hydrogen-bond acceptors (Lipinski definition) is 4. The summed E-state index contributed by atoms with van der Waals surface area (Å²) in [6.07, 6.45) is -3.37. The summed E-state index contributed by atoms with van der Waals surface area (Å²) in [6, 6.07) is 8.34. The van der Waals surface area contributed by atoms with E-state index < -0.39 is 11.7 Å². The number of pyridine rings is 1. The Balaban J connectivity index is 0.00000312. The van der Waals surface area contributed by atoms with E-state index in [1.165, 1.54) is 31.5 Å². The van der Waals surface area contributed by atoms with Gasteiger partial charge in [-0.05, 0) is 36.4 Å². The van der Waals surface area contributed by atoms with Crippen LogP contribution in [0.4, 0.5) is 13.2 Å². The van der Waals surface area contributed by atoms with Gasteiger partial charge < -0.3 is 16.2 Å². The second-order valence-electron chi connectivity index (χ2n) is 4.60. The molecule has 4 N–H and O–H groups in total. The van der Waals surface area contributed by atoms with E-state index >= 15 is 0 Å². The van der Waals surface area contributed by atoms with Gasteiger partial charge in [-0.3, -0.25) is 4.98 Å². The molecule has 0 unspecified atom stereocenters. The number of nitrogens with zero attached hydrogens (tertiary/aromatic N) is 3. The number of benzene rings is 1. The molecule has 0 atom stereocenters. The zero-order valence-electron chi connectivity index (χ0n) is 13.0. The lowest BCUT2D eigenvalue weighted by molar-refractivity contribution is -0.137. The highest BCUT2D eigenvalue weighted by molar-refractivity contribution is 6.12. The summed E-state index contributed by atoms with van der Waals surface area (Å²) in [5.74, 6) is 0.155. The van der Waals surface area contributed by atoms with Crippen LogP contribution in [0.25, 0.3) is 0 Å². The number of rotatable bonds is 4. The van der Waals surface area contributed by atoms with Gasteiger partial charge in [-0.25, -0.2) is 0 Å². The fourth-order valence-electron chi connectivity index (χ4n) is 1.92. The van der Waals surface area contributed by atoms with E-state index in [4.69, 9.17) is 16.2 Å². The van der Waals surface area contributed by atoms with Gasteiger partial charge in [0.1, 0.15) is 17.2 Å². The van der Waals surface area contributed by atoms with Crippen LogP contribution < -0.4 is 16.2 Å². The molecule has 0 saturated carbocycles. The number of alkyl halides is 3. The van der Waals surface area contributed by atoms with Gasteiger partial charge in [-0.1, -0.05) is 0 Å². The minimum atomic E-state index is -4.60. The summed E-state index contributed by atoms with van der Waals surface area (Å²) < 4.78 is 44.8. The molecule has 1 aromatic heterocycles. The average molecular weight is 374 g/mol. The zero-order valence-corrected chi connectivity index (χ0v) is 13.8. The van der Waals surface area contributed by atoms with Crippen molar-refractivity contribution < 1.29 is 17.9 Å². The molecule has 134 valence electrons. The Kier molecular flexibility index (Phi) is 6.75. The highest BCUT2D eigenvalue weighted by Gasteiger charge is 2.35. The quantitative estimate of drug-likeness (QED) is 0.488. The summed E-state index contributed by atoms with van der Waals surface area (Å²) in [5.41, 5.74) is 9.37. The molecule has 10 heteroatoms. The Bertz CT molecular complexity index is 771. The Morgan fingerprint density at radius 1 is 1.08 bits per heavy atom. The summed E-state index contributed by atoms with van der Waals surface area (Å²) >= 11 is 0. The number of hydrogen-bond donors (Lipinski definition) is 2. The van der Waals surface area contributed by atoms with E-state index in [1.807, 2.05) is 0 Å². The van der Waals surface area contributed by atoms with Gasteiger partial charge in [-0.2, -0.15) is 13.2 Å². The van der Waals surface area contributed by atoms with E-state index in [9.17, 15) is 13.2 Å². The molecular weight excluding hydrogens is 359 g/mol. The lowest BCUT2D eigenvalue weighted by atomic mass is 10.0. The van der Waals surface area contributed by atoms with E-state index in [-0.39, 0.29) is 29.8 Å². The number of guanidine groups is 1. The van der Waals surface area contributed by atoms with E-state index in [0.29, 0.717) is 11.3 Å². The first-order chi connectivity index (χ1) is 11.3. The molecule has 0 amide bonds. The second kappa shape index (κ2) is 8.34. The van der Waals surface area contributed by atoms with Gasteiger partial charge in [0.05, 0.1) is 12.7 Å². The predicted molar refractivity (Wildman–Crippen MR) is 90.9 cm³/mol. The van der Waals surface area contributed by atoms with Crippen molar-refractivity contribution in [3.63, 3.8) is 0 Å². The predicted octanol–water partition coefficient (Wildman–Crippen LogP) is 2.56. The fourth-order valence-corrected chi connectivity index (χ4v) is 1.92. The van der Waals surface area contributed by atoms with Crippen LogP contribution in [0, 0.1) is 0 Å². The molecule has 0 aliphatic heterocycles. The first-order valence-electron chi connectivity index (χ1n) is 6.66. The van der Waals surface area contributed by atoms with Crippen molar-refractivity contribution in [3.05, 3.63) is 59.4 Å². The monoisotopic (exact) mass is 373 g/mol. The van der Waals surface area contributed by atoms with Crippen LogP contribution >= 0.6 is 12.4 Å². The van der Waals surface area contributed by atoms with Crippen LogP contribution in [0.1, 0.15) is 16.8 Å². The smallest absolute Gasteiger partial charge is 0.418 e. The molecule has 0 fully saturated rings. The standard InChI is InChI=1S/C15H14F3N5O.ClH/c1-24-10-6-4-9(5-7-10)12(22-23-14(19)20)13-11(15(16,17)18)3-2-8-21-13;/h2-8H,1H3,(H4,19,20,23);1H/b22-12-;. The third-order valence-corrected chi connectivity index (χ3v) is 2.97. The number of nitrogens with two attached hydrogens (primary N) is 2. The van der Waals surface area contributed by atoms with Crippen molar-refractivity contribution in [2.24, 2.45) is 21.7 Å². The van der Waals surface area contributed by atoms with E-state index in [2.05, 4.69) is 15.2 Å². The molecule has 1 heterocycles. The molecule has 0 bridgehead atoms. The lowest BCUT2D eigenvalue weighted by Crippen LogP contribution is -2.22. The van der Waals surface area contributed by atoms with Crippen molar-refractivity contribution in [2.75, 3.05) is 7.11 Å². The van der Waals surface area contributed by atoms with E-state index in [1.54, 1.807) is 12.1 Å². The molecule has 1 aromatic carbocycles. The number of halogens is 4. The number of aromatic nitrogens is 1. The van der Waals surface area contributed by atoms with Crippen LogP contribution in [0.15, 0.2) is 52.8 Å². The molecule has 0 aliphatic carbocycles. The molecule has 2 aromatic rings. The van der Waals surface area contributed by atoms with Crippen LogP contribution in [0.5, 0.6) is 5.75 Å². The highest BCUT2D eigenvalue weighted by Crippen LogP contribution is 2.32. The maximum absolute atomic E-state index is 13.2. The van der Waals surface area contributed by atoms with Gasteiger partial charge in [0.25, 0.3) is 0 Å². The van der Waals surface area contributed by atoms with Crippen LogP contribution in [-0.4, -0.2) is 23.8 Å². The first-order valence-corrected chi connectivity index (χ1v) is 6.66. The fraction of sp³-hybridized carbons (Fsp3) is 0.133. The maximum atomic E-state index is 13.2. The molecular formula is C15H15ClF3N5O. The van der Waals surface area contributed by atoms with Crippen LogP contribution in [-0.2, 0) is 6.18 Å². The second-order valence-corrected chi connectivity index (χ2v) is 4.60. The number of methoxy groups -OCH3 is 1. The maximum Gasteiger partial charge on any atom is 0.418 e. The molecule has 0 spiro atoms. The van der Waals surface area contributed by atoms with Crippen molar-refractivity contribution >= 4 is 24.1 Å². The topological polar surface area (TPSA) is 98.9 Å². The first kappa shape index (κ1) is 20.2. The van der Waals surface area contributed by atoms with E-state index in [0.717, 1.165) is 6.07 Å². The van der Waals surface area contributed by atoms with Crippen molar-refractivity contribution in [1.82, 2.24) is 4.98 Å². The van der Waals surface area contributed by atoms with Gasteiger partial charge >= 0.3 is 6.18 Å². The van der Waals surface area contributed by atoms with Crippen molar-refractivity contribution in [2.45, 2.75) is 6.18 Å². The Morgan fingerprint density at radius 3 is 2.24 bits per heavy atom. The van der Waals surface area contributed by atoms with Crippen LogP contribution in [0.2, 0.25) is 0 Å². The van der Waals surface area contributed by atoms with Gasteiger partial charge in [-0.15, -0.1) is 22.6 Å². The lowest BCUT2D eigenvalue weighted by Gasteiger charge is -2.13. The molecule has 0 saturated heterocycles. The highest BCUT2D eigenvalue weighted by atomic mass is 35.5. The van der Waals surface area contributed by atoms with Gasteiger partial charge in [0.15, 0.2) is 0 Å². The number of ether oxygens (including phenoxy) is 1. The van der Waals surface area contributed by atoms with Gasteiger partial charge in [0.2, 0.25) is 5.96 Å². The Morgan fingerprint density at radius 2 is 1.72 bits per heavy atom. The Hall–Kier alpha value is -2.81. The minimum Gasteiger partial charge on any atom is -0.497 e. The summed E-state index contributed by atoms with van der Waals surface area (Å²) in [4.78, 5) is 3.81. The Labute approximate surface area is 147 Å². The SMILES string of the molecule is COc1ccc(/C(=N/N=C(N)N)c2ncccc2C(F)(F)F)cc1.Cl. The third-order valence-electron chi connectivity index (χ3n) is 2.97. The summed E-state index contributed by atoms with van der Waals surface area (Å²) in [7, 11) is 1.48. The minimum absolute atomic E-state index is 0. The largest absolute Gasteiger partial charge is 0.497 e. The third kappa shape index (κ3) is 5.08. The summed E-state index contributed by atoms with van der Waals surface area (Å²) in [6.45, 7) is 0. The molecule has 2 rings (SSSR count). The van der Waals surface area contributed by atoms with Crippen molar-refractivity contribution in [3.8, 4) is 5.75 Å². The summed E-state index contributed by atoms with van der Waals surface area (Å²) in [5, 5.41) is 7.21. The van der Waals surface area contributed by atoms with Crippen molar-refractivity contribution in [1.29, 1.82) is 0 Å². The zero-order chi connectivity index (χ0) is 17.7. The molecule has 25 heavy (non-hydrogen) atoms.